The summed E-state index contributed by atoms with van der Waals surface area (Å²) < 4.78 is 33.1. The monoisotopic (exact) mass is 417 g/mol. The average Bonchev–Trinajstić information content (AvgIpc) is 2.73. The molecule has 0 unspecified atom stereocenters. The Hall–Kier alpha value is -2.28. The summed E-state index contributed by atoms with van der Waals surface area (Å²) in [5.74, 6) is -2.30. The van der Waals surface area contributed by atoms with E-state index in [1.54, 1.807) is 6.07 Å². The van der Waals surface area contributed by atoms with Crippen molar-refractivity contribution in [2.75, 3.05) is 26.2 Å². The van der Waals surface area contributed by atoms with Crippen LogP contribution in [0.15, 0.2) is 30.3 Å². The Kier molecular flexibility index (Phi) is 5.91. The van der Waals surface area contributed by atoms with Gasteiger partial charge < -0.3 is 14.5 Å². The number of piperidine rings is 2. The van der Waals surface area contributed by atoms with Crippen molar-refractivity contribution in [1.82, 2.24) is 14.8 Å². The molecule has 2 aliphatic rings. The topological polar surface area (TPSA) is 45.7 Å². The minimum atomic E-state index is -2.68. The van der Waals surface area contributed by atoms with E-state index < -0.39 is 5.92 Å². The highest BCUT2D eigenvalue weighted by Gasteiger charge is 2.36. The maximum Gasteiger partial charge on any atom is 0.272 e. The zero-order chi connectivity index (χ0) is 21.3. The zero-order valence-electron chi connectivity index (χ0n) is 17.6. The fraction of sp³-hybridized carbons (Fsp3) is 0.565. The molecule has 0 bridgehead atoms. The Bertz CT molecular complexity index is 900. The number of hydrogen-bond donors (Lipinski definition) is 0. The van der Waals surface area contributed by atoms with E-state index in [-0.39, 0.29) is 43.6 Å². The van der Waals surface area contributed by atoms with E-state index in [0.29, 0.717) is 17.3 Å². The van der Waals surface area contributed by atoms with E-state index in [4.69, 9.17) is 4.74 Å². The van der Waals surface area contributed by atoms with Gasteiger partial charge in [0.2, 0.25) is 0 Å². The quantitative estimate of drug-likeness (QED) is 0.742. The van der Waals surface area contributed by atoms with Crippen molar-refractivity contribution in [3.63, 3.8) is 0 Å². The predicted octanol–water partition coefficient (Wildman–Crippen LogP) is 4.36. The van der Waals surface area contributed by atoms with Gasteiger partial charge in [0.1, 0.15) is 23.1 Å². The number of carbonyl (C=O) groups is 1. The molecule has 3 heterocycles. The van der Waals surface area contributed by atoms with Gasteiger partial charge in [0.05, 0.1) is 0 Å². The van der Waals surface area contributed by atoms with Gasteiger partial charge in [0, 0.05) is 50.4 Å². The van der Waals surface area contributed by atoms with E-state index >= 15 is 0 Å². The molecule has 2 saturated heterocycles. The number of halogens is 2. The molecule has 5 nitrogen and oxygen atoms in total. The van der Waals surface area contributed by atoms with Gasteiger partial charge in [0.25, 0.3) is 11.8 Å². The van der Waals surface area contributed by atoms with Crippen LogP contribution >= 0.6 is 0 Å². The molecule has 4 rings (SSSR count). The summed E-state index contributed by atoms with van der Waals surface area (Å²) in [4.78, 5) is 21.3. The molecular weight excluding hydrogens is 388 g/mol. The van der Waals surface area contributed by atoms with Crippen molar-refractivity contribution in [1.29, 1.82) is 0 Å². The van der Waals surface area contributed by atoms with Crippen molar-refractivity contribution in [3.8, 4) is 5.75 Å². The number of aromatic nitrogens is 1. The lowest BCUT2D eigenvalue weighted by molar-refractivity contribution is -0.0495. The van der Waals surface area contributed by atoms with E-state index in [9.17, 15) is 13.6 Å². The lowest BCUT2D eigenvalue weighted by atomic mass is 10.1. The van der Waals surface area contributed by atoms with Crippen molar-refractivity contribution in [2.45, 2.75) is 57.6 Å². The fourth-order valence-corrected chi connectivity index (χ4v) is 4.22. The normalized spacial score (nSPS) is 20.6. The molecule has 1 aromatic heterocycles. The number of nitrogens with zero attached hydrogens (tertiary/aromatic N) is 3. The largest absolute Gasteiger partial charge is 0.488 e. The van der Waals surface area contributed by atoms with E-state index in [1.807, 2.05) is 24.3 Å². The van der Waals surface area contributed by atoms with Crippen LogP contribution in [0.4, 0.5) is 8.78 Å². The molecule has 0 spiro atoms. The number of likely N-dealkylation sites (tertiary alicyclic amines) is 2. The van der Waals surface area contributed by atoms with Crippen LogP contribution in [-0.2, 0) is 0 Å². The number of ether oxygens (including phenoxy) is 1. The fourth-order valence-electron chi connectivity index (χ4n) is 4.22. The number of para-hydroxylation sites is 1. The van der Waals surface area contributed by atoms with E-state index in [0.717, 1.165) is 31.3 Å². The minimum Gasteiger partial charge on any atom is -0.488 e. The second-order valence-electron chi connectivity index (χ2n) is 8.62. The predicted molar refractivity (Wildman–Crippen MR) is 112 cm³/mol. The number of alkyl halides is 2. The zero-order valence-corrected chi connectivity index (χ0v) is 17.6. The molecule has 1 amide bonds. The Balaban J connectivity index is 1.51. The molecule has 0 radical (unpaired) electrons. The molecule has 30 heavy (non-hydrogen) atoms. The van der Waals surface area contributed by atoms with Gasteiger partial charge in [-0.15, -0.1) is 0 Å². The first-order chi connectivity index (χ1) is 14.3. The maximum atomic E-state index is 13.4. The third kappa shape index (κ3) is 4.56. The highest BCUT2D eigenvalue weighted by Crippen LogP contribution is 2.30. The number of hydrogen-bond acceptors (Lipinski definition) is 4. The molecule has 162 valence electrons. The first-order valence-corrected chi connectivity index (χ1v) is 10.8. The first-order valence-electron chi connectivity index (χ1n) is 10.8. The molecule has 0 atom stereocenters. The minimum absolute atomic E-state index is 0.0537. The third-order valence-corrected chi connectivity index (χ3v) is 6.19. The van der Waals surface area contributed by atoms with Gasteiger partial charge in [-0.05, 0) is 38.8 Å². The molecule has 7 heteroatoms. The number of amides is 1. The van der Waals surface area contributed by atoms with Gasteiger partial charge in [-0.2, -0.15) is 0 Å². The summed E-state index contributed by atoms with van der Waals surface area (Å²) in [5.41, 5.74) is 0.926. The van der Waals surface area contributed by atoms with Crippen LogP contribution in [0.2, 0.25) is 0 Å². The van der Waals surface area contributed by atoms with Gasteiger partial charge in [-0.3, -0.25) is 4.79 Å². The van der Waals surface area contributed by atoms with E-state index in [1.165, 1.54) is 4.90 Å². The van der Waals surface area contributed by atoms with Crippen LogP contribution in [0.3, 0.4) is 0 Å². The molecule has 1 aromatic carbocycles. The van der Waals surface area contributed by atoms with Crippen LogP contribution in [-0.4, -0.2) is 64.9 Å². The number of carbonyl (C=O) groups excluding carboxylic acids is 1. The second-order valence-corrected chi connectivity index (χ2v) is 8.62. The lowest BCUT2D eigenvalue weighted by Gasteiger charge is -2.34. The van der Waals surface area contributed by atoms with Gasteiger partial charge in [-0.1, -0.05) is 18.2 Å². The SMILES string of the molecule is CC(C)N1CCC(Oc2cccc3ccc(C(=O)N4CCC(F)(F)CC4)nc23)CC1. The van der Waals surface area contributed by atoms with Crippen LogP contribution < -0.4 is 4.74 Å². The first kappa shape index (κ1) is 21.0. The molecule has 2 aliphatic heterocycles. The van der Waals surface area contributed by atoms with Gasteiger partial charge >= 0.3 is 0 Å². The van der Waals surface area contributed by atoms with Gasteiger partial charge in [0.15, 0.2) is 0 Å². The van der Waals surface area contributed by atoms with Crippen LogP contribution in [0.5, 0.6) is 5.75 Å². The Morgan fingerprint density at radius 1 is 1.10 bits per heavy atom. The highest BCUT2D eigenvalue weighted by molar-refractivity contribution is 5.96. The maximum absolute atomic E-state index is 13.4. The highest BCUT2D eigenvalue weighted by atomic mass is 19.3. The second kappa shape index (κ2) is 8.46. The number of pyridine rings is 1. The average molecular weight is 418 g/mol. The lowest BCUT2D eigenvalue weighted by Crippen LogP contribution is -2.43. The third-order valence-electron chi connectivity index (χ3n) is 6.19. The Morgan fingerprint density at radius 2 is 1.80 bits per heavy atom. The molecule has 0 N–H and O–H groups in total. The van der Waals surface area contributed by atoms with Crippen molar-refractivity contribution >= 4 is 16.8 Å². The Morgan fingerprint density at radius 3 is 2.47 bits per heavy atom. The van der Waals surface area contributed by atoms with Crippen molar-refractivity contribution in [3.05, 3.63) is 36.0 Å². The summed E-state index contributed by atoms with van der Waals surface area (Å²) in [6.07, 6.45) is 1.44. The van der Waals surface area contributed by atoms with Gasteiger partial charge in [-0.25, -0.2) is 13.8 Å². The van der Waals surface area contributed by atoms with Crippen LogP contribution in [0, 0.1) is 0 Å². The van der Waals surface area contributed by atoms with Crippen molar-refractivity contribution in [2.24, 2.45) is 0 Å². The van der Waals surface area contributed by atoms with Crippen LogP contribution in [0.1, 0.15) is 50.0 Å². The molecule has 2 fully saturated rings. The molecule has 2 aromatic rings. The summed E-state index contributed by atoms with van der Waals surface area (Å²) in [7, 11) is 0. The number of fused-ring (bicyclic) bond motifs is 1. The molecular formula is C23H29F2N3O2. The summed E-state index contributed by atoms with van der Waals surface area (Å²) in [6.45, 7) is 6.53. The van der Waals surface area contributed by atoms with E-state index in [2.05, 4.69) is 23.7 Å². The standard InChI is InChI=1S/C23H29F2N3O2/c1-16(2)27-12-8-18(9-13-27)30-20-5-3-4-17-6-7-19(26-21(17)20)22(29)28-14-10-23(24,25)11-15-28/h3-7,16,18H,8-15H2,1-2H3. The van der Waals surface area contributed by atoms with Crippen molar-refractivity contribution < 1.29 is 18.3 Å². The summed E-state index contributed by atoms with van der Waals surface area (Å²) in [5, 5.41) is 0.897. The molecule has 0 saturated carbocycles. The summed E-state index contributed by atoms with van der Waals surface area (Å²) >= 11 is 0. The summed E-state index contributed by atoms with van der Waals surface area (Å²) in [6, 6.07) is 9.81. The smallest absolute Gasteiger partial charge is 0.272 e. The van der Waals surface area contributed by atoms with Crippen LogP contribution in [0.25, 0.3) is 10.9 Å². The Labute approximate surface area is 176 Å². The number of benzene rings is 1. The molecule has 0 aliphatic carbocycles. The number of rotatable bonds is 4.